The fourth-order valence-corrected chi connectivity index (χ4v) is 5.40. The van der Waals surface area contributed by atoms with Gasteiger partial charge in [-0.3, -0.25) is 4.57 Å². The SMILES string of the molecule is O=[N+]([O-])c1cn2c(n1)O[C@H](COc1ccc(N3CCC(Nc4ccc(OCc5ccc(OC(F)(F)F)cc5)cc4)CC3)cc1)CC2. The third kappa shape index (κ3) is 8.11. The predicted octanol–water partition coefficient (Wildman–Crippen LogP) is 6.58. The lowest BCUT2D eigenvalue weighted by molar-refractivity contribution is -0.389. The number of hydrogen-bond acceptors (Lipinski definition) is 9. The number of nitrogens with one attached hydrogen (secondary N) is 1. The van der Waals surface area contributed by atoms with Crippen LogP contribution < -0.4 is 29.2 Å². The van der Waals surface area contributed by atoms with Crippen molar-refractivity contribution in [2.24, 2.45) is 0 Å². The molecule has 6 rings (SSSR count). The van der Waals surface area contributed by atoms with Crippen molar-refractivity contribution in [1.29, 1.82) is 0 Å². The van der Waals surface area contributed by atoms with Crippen molar-refractivity contribution in [2.45, 2.75) is 50.9 Å². The molecule has 2 aliphatic heterocycles. The van der Waals surface area contributed by atoms with Gasteiger partial charge in [-0.05, 0) is 84.0 Å². The van der Waals surface area contributed by atoms with Gasteiger partial charge in [0, 0.05) is 48.5 Å². The number of fused-ring (bicyclic) bond motifs is 1. The number of imidazole rings is 1. The highest BCUT2D eigenvalue weighted by atomic mass is 19.4. The van der Waals surface area contributed by atoms with Gasteiger partial charge in [-0.1, -0.05) is 12.1 Å². The molecule has 0 saturated carbocycles. The number of benzene rings is 3. The average Bonchev–Trinajstić information content (AvgIpc) is 3.48. The van der Waals surface area contributed by atoms with Crippen LogP contribution in [0.5, 0.6) is 23.3 Å². The monoisotopic (exact) mass is 639 g/mol. The van der Waals surface area contributed by atoms with Crippen LogP contribution in [-0.2, 0) is 13.2 Å². The van der Waals surface area contributed by atoms with Crippen LogP contribution in [0, 0.1) is 10.1 Å². The zero-order valence-electron chi connectivity index (χ0n) is 24.7. The molecule has 0 unspecified atom stereocenters. The number of nitrogens with zero attached hydrogens (tertiary/aromatic N) is 4. The third-order valence-corrected chi connectivity index (χ3v) is 7.80. The Bertz CT molecular complexity index is 1610. The molecule has 0 radical (unpaired) electrons. The molecule has 4 aromatic rings. The van der Waals surface area contributed by atoms with E-state index in [0.717, 1.165) is 48.6 Å². The maximum atomic E-state index is 12.3. The maximum absolute atomic E-state index is 12.3. The van der Waals surface area contributed by atoms with Crippen molar-refractivity contribution in [3.8, 4) is 23.3 Å². The summed E-state index contributed by atoms with van der Waals surface area (Å²) in [5, 5.41) is 14.5. The van der Waals surface area contributed by atoms with Crippen LogP contribution >= 0.6 is 0 Å². The van der Waals surface area contributed by atoms with Crippen molar-refractivity contribution in [2.75, 3.05) is 29.9 Å². The summed E-state index contributed by atoms with van der Waals surface area (Å²) in [6.45, 7) is 2.94. The van der Waals surface area contributed by atoms with E-state index in [9.17, 15) is 23.3 Å². The fraction of sp³-hybridized carbons (Fsp3) is 0.344. The van der Waals surface area contributed by atoms with Crippen LogP contribution in [-0.4, -0.2) is 52.7 Å². The number of anilines is 2. The Hall–Kier alpha value is -5.14. The molecule has 242 valence electrons. The van der Waals surface area contributed by atoms with Crippen molar-refractivity contribution in [3.63, 3.8) is 0 Å². The van der Waals surface area contributed by atoms with E-state index in [-0.39, 0.29) is 30.3 Å². The van der Waals surface area contributed by atoms with Gasteiger partial charge in [0.1, 0.15) is 42.8 Å². The van der Waals surface area contributed by atoms with Crippen molar-refractivity contribution >= 4 is 17.2 Å². The first-order valence-corrected chi connectivity index (χ1v) is 14.9. The second kappa shape index (κ2) is 13.5. The lowest BCUT2D eigenvalue weighted by Gasteiger charge is -2.34. The Morgan fingerprint density at radius 2 is 1.54 bits per heavy atom. The van der Waals surface area contributed by atoms with E-state index in [2.05, 4.69) is 19.9 Å². The number of hydrogen-bond donors (Lipinski definition) is 1. The molecule has 14 heteroatoms. The van der Waals surface area contributed by atoms with Gasteiger partial charge in [-0.2, -0.15) is 0 Å². The van der Waals surface area contributed by atoms with Gasteiger partial charge in [0.2, 0.25) is 0 Å². The molecule has 0 bridgehead atoms. The second-order valence-corrected chi connectivity index (χ2v) is 11.1. The normalized spacial score (nSPS) is 16.7. The Morgan fingerprint density at radius 1 is 0.891 bits per heavy atom. The minimum atomic E-state index is -4.72. The van der Waals surface area contributed by atoms with Gasteiger partial charge in [0.15, 0.2) is 0 Å². The average molecular weight is 640 g/mol. The quantitative estimate of drug-likeness (QED) is 0.144. The van der Waals surface area contributed by atoms with Crippen LogP contribution in [0.15, 0.2) is 79.0 Å². The van der Waals surface area contributed by atoms with E-state index in [1.165, 1.54) is 30.5 Å². The maximum Gasteiger partial charge on any atom is 0.573 e. The van der Waals surface area contributed by atoms with Gasteiger partial charge in [-0.25, -0.2) is 0 Å². The fourth-order valence-electron chi connectivity index (χ4n) is 5.40. The lowest BCUT2D eigenvalue weighted by Crippen LogP contribution is -2.39. The molecule has 1 atom stereocenters. The van der Waals surface area contributed by atoms with Gasteiger partial charge < -0.3 is 39.3 Å². The number of halogens is 3. The second-order valence-electron chi connectivity index (χ2n) is 11.1. The Balaban J connectivity index is 0.906. The molecule has 1 saturated heterocycles. The molecular formula is C32H32F3N5O6. The summed E-state index contributed by atoms with van der Waals surface area (Å²) in [6.07, 6.45) is -0.956. The van der Waals surface area contributed by atoms with Crippen LogP contribution in [0.3, 0.4) is 0 Å². The Labute approximate surface area is 262 Å². The highest BCUT2D eigenvalue weighted by Crippen LogP contribution is 2.28. The van der Waals surface area contributed by atoms with E-state index >= 15 is 0 Å². The Kier molecular flexibility index (Phi) is 9.04. The molecule has 0 spiro atoms. The van der Waals surface area contributed by atoms with Crippen molar-refractivity contribution in [3.05, 3.63) is 94.7 Å². The zero-order valence-corrected chi connectivity index (χ0v) is 24.7. The predicted molar refractivity (Wildman–Crippen MR) is 163 cm³/mol. The summed E-state index contributed by atoms with van der Waals surface area (Å²) >= 11 is 0. The Morgan fingerprint density at radius 3 is 2.22 bits per heavy atom. The number of nitro groups is 1. The molecule has 46 heavy (non-hydrogen) atoms. The highest BCUT2D eigenvalue weighted by molar-refractivity contribution is 5.51. The van der Waals surface area contributed by atoms with Gasteiger partial charge >= 0.3 is 18.2 Å². The molecule has 1 fully saturated rings. The molecule has 1 aromatic heterocycles. The van der Waals surface area contributed by atoms with Crippen LogP contribution in [0.2, 0.25) is 0 Å². The first-order chi connectivity index (χ1) is 22.2. The van der Waals surface area contributed by atoms with Crippen molar-refractivity contribution in [1.82, 2.24) is 9.55 Å². The molecule has 1 N–H and O–H groups in total. The van der Waals surface area contributed by atoms with Crippen molar-refractivity contribution < 1.29 is 37.0 Å². The summed E-state index contributed by atoms with van der Waals surface area (Å²) in [6, 6.07) is 21.8. The van der Waals surface area contributed by atoms with E-state index in [1.807, 2.05) is 48.5 Å². The number of alkyl halides is 3. The van der Waals surface area contributed by atoms with Crippen LogP contribution in [0.1, 0.15) is 24.8 Å². The van der Waals surface area contributed by atoms with E-state index in [4.69, 9.17) is 14.2 Å². The standard InChI is InChI=1S/C32H32F3N5O6/c33-32(34,35)46-28-7-1-22(2-8-28)20-43-26-9-3-23(4-10-26)36-24-13-16-38(17-14-24)25-5-11-27(12-6-25)44-21-29-15-18-39-19-30(40(41)42)37-31(39)45-29/h1-12,19,24,29,36H,13-18,20-21H2/t29-/m0/s1. The number of piperidine rings is 1. The molecule has 0 amide bonds. The topological polar surface area (TPSA) is 113 Å². The smallest absolute Gasteiger partial charge is 0.490 e. The van der Waals surface area contributed by atoms with Gasteiger partial charge in [-0.15, -0.1) is 13.2 Å². The minimum absolute atomic E-state index is 0.222. The molecule has 3 heterocycles. The number of ether oxygens (including phenoxy) is 4. The molecule has 0 aliphatic carbocycles. The third-order valence-electron chi connectivity index (χ3n) is 7.80. The largest absolute Gasteiger partial charge is 0.573 e. The van der Waals surface area contributed by atoms with Gasteiger partial charge in [0.25, 0.3) is 0 Å². The minimum Gasteiger partial charge on any atom is -0.490 e. The summed E-state index contributed by atoms with van der Waals surface area (Å²) in [7, 11) is 0. The number of aryl methyl sites for hydroxylation is 1. The molecule has 2 aliphatic rings. The van der Waals surface area contributed by atoms with E-state index in [0.29, 0.717) is 31.4 Å². The van der Waals surface area contributed by atoms with E-state index < -0.39 is 11.3 Å². The number of rotatable bonds is 11. The number of aromatic nitrogens is 2. The molecule has 11 nitrogen and oxygen atoms in total. The summed E-state index contributed by atoms with van der Waals surface area (Å²) < 4.78 is 60.0. The summed E-state index contributed by atoms with van der Waals surface area (Å²) in [4.78, 5) is 16.7. The summed E-state index contributed by atoms with van der Waals surface area (Å²) in [5.74, 6) is 0.898. The van der Waals surface area contributed by atoms with Crippen LogP contribution in [0.25, 0.3) is 0 Å². The first kappa shape index (κ1) is 30.9. The highest BCUT2D eigenvalue weighted by Gasteiger charge is 2.31. The van der Waals surface area contributed by atoms with Crippen LogP contribution in [0.4, 0.5) is 30.4 Å². The van der Waals surface area contributed by atoms with E-state index in [1.54, 1.807) is 4.57 Å². The molecule has 3 aromatic carbocycles. The first-order valence-electron chi connectivity index (χ1n) is 14.9. The van der Waals surface area contributed by atoms with Gasteiger partial charge in [0.05, 0.1) is 0 Å². The summed E-state index contributed by atoms with van der Waals surface area (Å²) in [5.41, 5.74) is 2.84. The lowest BCUT2D eigenvalue weighted by atomic mass is 10.0. The zero-order chi connectivity index (χ0) is 32.1. The molecular weight excluding hydrogens is 607 g/mol.